The molecule has 0 saturated carbocycles. The summed E-state index contributed by atoms with van der Waals surface area (Å²) in [5.41, 5.74) is 0.991. The van der Waals surface area contributed by atoms with Gasteiger partial charge in [0.2, 0.25) is 11.9 Å². The number of benzene rings is 1. The van der Waals surface area contributed by atoms with Gasteiger partial charge in [-0.15, -0.1) is 0 Å². The zero-order valence-electron chi connectivity index (χ0n) is 16.4. The van der Waals surface area contributed by atoms with Crippen LogP contribution < -0.4 is 4.90 Å². The minimum Gasteiger partial charge on any atom is -0.394 e. The van der Waals surface area contributed by atoms with Crippen LogP contribution in [0.3, 0.4) is 0 Å². The van der Waals surface area contributed by atoms with E-state index in [1.54, 1.807) is 12.4 Å². The lowest BCUT2D eigenvalue weighted by molar-refractivity contribution is -0.151. The molecule has 2 aromatic rings. The third-order valence-corrected chi connectivity index (χ3v) is 5.56. The van der Waals surface area contributed by atoms with Crippen molar-refractivity contribution in [2.75, 3.05) is 57.4 Å². The topological polar surface area (TPSA) is 82.0 Å². The minimum absolute atomic E-state index is 0.0741. The van der Waals surface area contributed by atoms with Crippen LogP contribution in [0.4, 0.5) is 5.95 Å². The van der Waals surface area contributed by atoms with Gasteiger partial charge >= 0.3 is 0 Å². The first kappa shape index (κ1) is 19.8. The number of carbonyl (C=O) groups excluding carboxylic acids is 1. The highest BCUT2D eigenvalue weighted by Crippen LogP contribution is 2.29. The van der Waals surface area contributed by atoms with Crippen molar-refractivity contribution in [3.63, 3.8) is 0 Å². The zero-order valence-corrected chi connectivity index (χ0v) is 16.4. The SMILES string of the molecule is O=C(CN1CCN(c2ncccn2)CC1)N1CCO[C@H](CO)[C@H]1c1ccccc1. The summed E-state index contributed by atoms with van der Waals surface area (Å²) < 4.78 is 5.75. The Bertz CT molecular complexity index is 783. The van der Waals surface area contributed by atoms with E-state index in [2.05, 4.69) is 19.8 Å². The van der Waals surface area contributed by atoms with E-state index in [0.29, 0.717) is 19.7 Å². The molecule has 1 aromatic heterocycles. The first-order valence-electron chi connectivity index (χ1n) is 10.1. The number of aliphatic hydroxyl groups excluding tert-OH is 1. The maximum absolute atomic E-state index is 13.2. The molecule has 2 saturated heterocycles. The fourth-order valence-electron chi connectivity index (χ4n) is 4.05. The van der Waals surface area contributed by atoms with Gasteiger partial charge in [0.05, 0.1) is 25.8 Å². The van der Waals surface area contributed by atoms with Crippen molar-refractivity contribution >= 4 is 11.9 Å². The van der Waals surface area contributed by atoms with Crippen LogP contribution in [0.25, 0.3) is 0 Å². The lowest BCUT2D eigenvalue weighted by atomic mass is 9.98. The number of amides is 1. The molecule has 3 heterocycles. The number of aromatic nitrogens is 2. The molecule has 0 spiro atoms. The lowest BCUT2D eigenvalue weighted by Gasteiger charge is -2.42. The van der Waals surface area contributed by atoms with Crippen LogP contribution in [-0.2, 0) is 9.53 Å². The number of anilines is 1. The molecule has 4 rings (SSSR count). The standard InChI is InChI=1S/C21H27N5O3/c27-16-18-20(17-5-2-1-3-6-17)26(13-14-29-18)19(28)15-24-9-11-25(12-10-24)21-22-7-4-8-23-21/h1-8,18,20,27H,9-16H2/t18-,20-/m1/s1. The fourth-order valence-corrected chi connectivity index (χ4v) is 4.05. The van der Waals surface area contributed by atoms with Crippen LogP contribution in [0.15, 0.2) is 48.8 Å². The van der Waals surface area contributed by atoms with E-state index in [9.17, 15) is 9.90 Å². The van der Waals surface area contributed by atoms with Crippen LogP contribution in [0.1, 0.15) is 11.6 Å². The molecule has 1 amide bonds. The highest BCUT2D eigenvalue weighted by Gasteiger charge is 2.36. The Balaban J connectivity index is 1.39. The molecule has 2 aliphatic heterocycles. The first-order chi connectivity index (χ1) is 14.3. The molecule has 0 radical (unpaired) electrons. The third kappa shape index (κ3) is 4.55. The third-order valence-electron chi connectivity index (χ3n) is 5.56. The Kier molecular flexibility index (Phi) is 6.33. The zero-order chi connectivity index (χ0) is 20.1. The van der Waals surface area contributed by atoms with Crippen LogP contribution in [0.2, 0.25) is 0 Å². The monoisotopic (exact) mass is 397 g/mol. The van der Waals surface area contributed by atoms with Gasteiger partial charge in [-0.25, -0.2) is 9.97 Å². The lowest BCUT2D eigenvalue weighted by Crippen LogP contribution is -2.54. The van der Waals surface area contributed by atoms with Crippen LogP contribution in [-0.4, -0.2) is 89.4 Å². The molecule has 154 valence electrons. The number of hydrogen-bond acceptors (Lipinski definition) is 7. The molecule has 8 nitrogen and oxygen atoms in total. The summed E-state index contributed by atoms with van der Waals surface area (Å²) in [6.07, 6.45) is 3.10. The Morgan fingerprint density at radius 3 is 2.45 bits per heavy atom. The second-order valence-electron chi connectivity index (χ2n) is 7.35. The number of hydrogen-bond donors (Lipinski definition) is 1. The van der Waals surface area contributed by atoms with E-state index >= 15 is 0 Å². The number of aliphatic hydroxyl groups is 1. The summed E-state index contributed by atoms with van der Waals surface area (Å²) in [7, 11) is 0. The van der Waals surface area contributed by atoms with E-state index < -0.39 is 6.10 Å². The minimum atomic E-state index is -0.401. The molecule has 2 aliphatic rings. The normalized spacial score (nSPS) is 23.2. The summed E-state index contributed by atoms with van der Waals surface area (Å²) >= 11 is 0. The van der Waals surface area contributed by atoms with Crippen molar-refractivity contribution in [3.05, 3.63) is 54.4 Å². The molecule has 0 unspecified atom stereocenters. The Labute approximate surface area is 170 Å². The average molecular weight is 397 g/mol. The predicted octanol–water partition coefficient (Wildman–Crippen LogP) is 0.560. The molecule has 8 heteroatoms. The molecule has 2 fully saturated rings. The predicted molar refractivity (Wildman–Crippen MR) is 108 cm³/mol. The number of piperazine rings is 1. The maximum Gasteiger partial charge on any atom is 0.237 e. The summed E-state index contributed by atoms with van der Waals surface area (Å²) in [4.78, 5) is 28.0. The summed E-state index contributed by atoms with van der Waals surface area (Å²) in [6.45, 7) is 4.39. The average Bonchev–Trinajstić information content (AvgIpc) is 2.80. The van der Waals surface area contributed by atoms with Gasteiger partial charge in [-0.05, 0) is 11.6 Å². The van der Waals surface area contributed by atoms with Gasteiger partial charge in [0.25, 0.3) is 0 Å². The molecule has 1 N–H and O–H groups in total. The number of morpholine rings is 1. The second-order valence-corrected chi connectivity index (χ2v) is 7.35. The van der Waals surface area contributed by atoms with E-state index in [1.807, 2.05) is 41.3 Å². The van der Waals surface area contributed by atoms with E-state index in [1.165, 1.54) is 0 Å². The van der Waals surface area contributed by atoms with Crippen LogP contribution in [0.5, 0.6) is 0 Å². The van der Waals surface area contributed by atoms with E-state index in [4.69, 9.17) is 4.74 Å². The van der Waals surface area contributed by atoms with Gasteiger partial charge in [-0.1, -0.05) is 30.3 Å². The van der Waals surface area contributed by atoms with E-state index in [0.717, 1.165) is 37.7 Å². The number of ether oxygens (including phenoxy) is 1. The van der Waals surface area contributed by atoms with Crippen molar-refractivity contribution in [2.45, 2.75) is 12.1 Å². The first-order valence-corrected chi connectivity index (χ1v) is 10.1. The largest absolute Gasteiger partial charge is 0.394 e. The highest BCUT2D eigenvalue weighted by molar-refractivity contribution is 5.79. The molecule has 0 bridgehead atoms. The van der Waals surface area contributed by atoms with Gasteiger partial charge in [0.15, 0.2) is 0 Å². The van der Waals surface area contributed by atoms with Crippen molar-refractivity contribution < 1.29 is 14.6 Å². The molecule has 29 heavy (non-hydrogen) atoms. The van der Waals surface area contributed by atoms with Gasteiger partial charge in [0.1, 0.15) is 6.10 Å². The quantitative estimate of drug-likeness (QED) is 0.789. The van der Waals surface area contributed by atoms with Crippen molar-refractivity contribution in [1.29, 1.82) is 0 Å². The smallest absolute Gasteiger partial charge is 0.237 e. The maximum atomic E-state index is 13.2. The van der Waals surface area contributed by atoms with Gasteiger partial charge in [0, 0.05) is 45.1 Å². The number of rotatable bonds is 5. The fraction of sp³-hybridized carbons (Fsp3) is 0.476. The van der Waals surface area contributed by atoms with E-state index in [-0.39, 0.29) is 18.6 Å². The van der Waals surface area contributed by atoms with Crippen molar-refractivity contribution in [2.24, 2.45) is 0 Å². The number of carbonyl (C=O) groups is 1. The molecular formula is C21H27N5O3. The Morgan fingerprint density at radius 1 is 1.03 bits per heavy atom. The van der Waals surface area contributed by atoms with Gasteiger partial charge in [-0.3, -0.25) is 9.69 Å². The Morgan fingerprint density at radius 2 is 1.76 bits per heavy atom. The molecule has 1 aromatic carbocycles. The highest BCUT2D eigenvalue weighted by atomic mass is 16.5. The van der Waals surface area contributed by atoms with Gasteiger partial charge in [-0.2, -0.15) is 0 Å². The van der Waals surface area contributed by atoms with Crippen molar-refractivity contribution in [3.8, 4) is 0 Å². The Hall–Kier alpha value is -2.55. The molecule has 2 atom stereocenters. The summed E-state index contributed by atoms with van der Waals surface area (Å²) in [5.74, 6) is 0.812. The van der Waals surface area contributed by atoms with Crippen LogP contribution >= 0.6 is 0 Å². The van der Waals surface area contributed by atoms with Gasteiger partial charge < -0.3 is 19.6 Å². The summed E-state index contributed by atoms with van der Waals surface area (Å²) in [6, 6.07) is 11.4. The molecule has 0 aliphatic carbocycles. The summed E-state index contributed by atoms with van der Waals surface area (Å²) in [5, 5.41) is 9.79. The van der Waals surface area contributed by atoms with Crippen LogP contribution in [0, 0.1) is 0 Å². The second kappa shape index (κ2) is 9.30. The number of nitrogens with zero attached hydrogens (tertiary/aromatic N) is 5. The van der Waals surface area contributed by atoms with Crippen molar-refractivity contribution in [1.82, 2.24) is 19.8 Å². The molecular weight excluding hydrogens is 370 g/mol.